The predicted octanol–water partition coefficient (Wildman–Crippen LogP) is 2.59. The minimum atomic E-state index is -0.0299. The van der Waals surface area contributed by atoms with Crippen LogP contribution in [0, 0.1) is 0 Å². The summed E-state index contributed by atoms with van der Waals surface area (Å²) >= 11 is 0. The van der Waals surface area contributed by atoms with Gasteiger partial charge in [0.1, 0.15) is 0 Å². The minimum absolute atomic E-state index is 0.0299. The Morgan fingerprint density at radius 3 is 2.75 bits per heavy atom. The number of aryl methyl sites for hydroxylation is 1. The average molecular weight is 329 g/mol. The second kappa shape index (κ2) is 6.55. The van der Waals surface area contributed by atoms with E-state index in [1.165, 1.54) is 5.69 Å². The molecule has 0 saturated carbocycles. The maximum atomic E-state index is 12.9. The molecule has 1 unspecified atom stereocenters. The van der Waals surface area contributed by atoms with Gasteiger partial charge >= 0.3 is 0 Å². The highest BCUT2D eigenvalue weighted by Crippen LogP contribution is 2.35. The van der Waals surface area contributed by atoms with Gasteiger partial charge in [0.2, 0.25) is 0 Å². The molecule has 0 spiro atoms. The zero-order valence-electron chi connectivity index (χ0n) is 14.6. The summed E-state index contributed by atoms with van der Waals surface area (Å²) < 4.78 is 12.5. The molecule has 6 heteroatoms. The molecular formula is C18H23N3O3. The summed E-state index contributed by atoms with van der Waals surface area (Å²) in [7, 11) is 6.96. The molecule has 0 radical (unpaired) electrons. The molecule has 1 aliphatic carbocycles. The third-order valence-electron chi connectivity index (χ3n) is 4.76. The Balaban J connectivity index is 1.88. The molecule has 0 saturated heterocycles. The number of methoxy groups -OCH3 is 2. The molecule has 24 heavy (non-hydrogen) atoms. The number of ether oxygens (including phenoxy) is 2. The van der Waals surface area contributed by atoms with E-state index in [1.54, 1.807) is 37.3 Å². The summed E-state index contributed by atoms with van der Waals surface area (Å²) in [6.07, 6.45) is 4.91. The van der Waals surface area contributed by atoms with E-state index in [4.69, 9.17) is 9.47 Å². The van der Waals surface area contributed by atoms with Gasteiger partial charge in [-0.1, -0.05) is 0 Å². The van der Waals surface area contributed by atoms with Crippen LogP contribution < -0.4 is 9.47 Å². The van der Waals surface area contributed by atoms with Crippen molar-refractivity contribution < 1.29 is 14.3 Å². The second-order valence-electron chi connectivity index (χ2n) is 6.06. The van der Waals surface area contributed by atoms with Crippen LogP contribution in [0.5, 0.6) is 11.5 Å². The molecule has 2 aromatic rings. The van der Waals surface area contributed by atoms with Crippen LogP contribution in [-0.4, -0.2) is 41.9 Å². The molecular weight excluding hydrogens is 306 g/mol. The lowest BCUT2D eigenvalue weighted by Crippen LogP contribution is -2.33. The van der Waals surface area contributed by atoms with Gasteiger partial charge in [-0.3, -0.25) is 9.48 Å². The van der Waals surface area contributed by atoms with Gasteiger partial charge < -0.3 is 14.4 Å². The van der Waals surface area contributed by atoms with Crippen LogP contribution in [0.15, 0.2) is 24.4 Å². The lowest BCUT2D eigenvalue weighted by molar-refractivity contribution is 0.0714. The van der Waals surface area contributed by atoms with E-state index in [1.807, 2.05) is 25.0 Å². The fraction of sp³-hybridized carbons (Fsp3) is 0.444. The van der Waals surface area contributed by atoms with Gasteiger partial charge in [-0.25, -0.2) is 0 Å². The van der Waals surface area contributed by atoms with E-state index in [-0.39, 0.29) is 11.9 Å². The van der Waals surface area contributed by atoms with E-state index in [0.717, 1.165) is 24.8 Å². The highest BCUT2D eigenvalue weighted by Gasteiger charge is 2.29. The third-order valence-corrected chi connectivity index (χ3v) is 4.76. The Morgan fingerprint density at radius 2 is 2.04 bits per heavy atom. The fourth-order valence-electron chi connectivity index (χ4n) is 3.40. The van der Waals surface area contributed by atoms with Gasteiger partial charge in [0, 0.05) is 30.9 Å². The van der Waals surface area contributed by atoms with E-state index in [0.29, 0.717) is 17.1 Å². The average Bonchev–Trinajstić information content (AvgIpc) is 3.01. The number of hydrogen-bond donors (Lipinski definition) is 0. The lowest BCUT2D eigenvalue weighted by atomic mass is 9.91. The van der Waals surface area contributed by atoms with Crippen molar-refractivity contribution >= 4 is 5.91 Å². The van der Waals surface area contributed by atoms with Gasteiger partial charge in [-0.15, -0.1) is 0 Å². The van der Waals surface area contributed by atoms with E-state index < -0.39 is 0 Å². The first-order chi connectivity index (χ1) is 11.6. The highest BCUT2D eigenvalue weighted by atomic mass is 16.5. The van der Waals surface area contributed by atoms with Crippen molar-refractivity contribution in [3.05, 3.63) is 41.2 Å². The van der Waals surface area contributed by atoms with Crippen molar-refractivity contribution in [2.75, 3.05) is 21.3 Å². The topological polar surface area (TPSA) is 56.6 Å². The van der Waals surface area contributed by atoms with Crippen LogP contribution in [0.1, 0.15) is 40.5 Å². The fourth-order valence-corrected chi connectivity index (χ4v) is 3.40. The number of benzene rings is 1. The number of rotatable bonds is 4. The number of carbonyl (C=O) groups is 1. The van der Waals surface area contributed by atoms with Crippen LogP contribution in [0.3, 0.4) is 0 Å². The van der Waals surface area contributed by atoms with Crippen molar-refractivity contribution in [3.63, 3.8) is 0 Å². The molecule has 1 aromatic carbocycles. The van der Waals surface area contributed by atoms with E-state index in [9.17, 15) is 4.79 Å². The van der Waals surface area contributed by atoms with E-state index >= 15 is 0 Å². The zero-order valence-corrected chi connectivity index (χ0v) is 14.6. The van der Waals surface area contributed by atoms with Crippen molar-refractivity contribution in [1.29, 1.82) is 0 Å². The van der Waals surface area contributed by atoms with Gasteiger partial charge in [-0.05, 0) is 37.5 Å². The number of carbonyl (C=O) groups excluding carboxylic acids is 1. The van der Waals surface area contributed by atoms with Crippen molar-refractivity contribution in [2.45, 2.75) is 25.3 Å². The number of amides is 1. The largest absolute Gasteiger partial charge is 0.493 e. The molecule has 1 aromatic heterocycles. The Bertz CT molecular complexity index is 754. The zero-order chi connectivity index (χ0) is 17.3. The van der Waals surface area contributed by atoms with Crippen LogP contribution in [0.4, 0.5) is 0 Å². The summed E-state index contributed by atoms with van der Waals surface area (Å²) in [6.45, 7) is 0. The van der Waals surface area contributed by atoms with Crippen molar-refractivity contribution in [3.8, 4) is 11.5 Å². The molecule has 0 aliphatic heterocycles. The Morgan fingerprint density at radius 1 is 1.29 bits per heavy atom. The Hall–Kier alpha value is -2.50. The maximum Gasteiger partial charge on any atom is 0.254 e. The van der Waals surface area contributed by atoms with Crippen molar-refractivity contribution in [1.82, 2.24) is 14.7 Å². The standard InChI is InChI=1S/C18H23N3O3/c1-20(14-6-5-7-15-13(14)11-19-21(15)2)18(22)12-8-9-16(23-3)17(10-12)24-4/h8-11,14H,5-7H2,1-4H3. The summed E-state index contributed by atoms with van der Waals surface area (Å²) in [5, 5.41) is 4.36. The number of fused-ring (bicyclic) bond motifs is 1. The molecule has 128 valence electrons. The molecule has 0 N–H and O–H groups in total. The maximum absolute atomic E-state index is 12.9. The SMILES string of the molecule is COc1ccc(C(=O)N(C)C2CCCc3c2cnn3C)cc1OC. The number of aromatic nitrogens is 2. The lowest BCUT2D eigenvalue weighted by Gasteiger charge is -2.31. The molecule has 6 nitrogen and oxygen atoms in total. The smallest absolute Gasteiger partial charge is 0.254 e. The first-order valence-electron chi connectivity index (χ1n) is 8.06. The first kappa shape index (κ1) is 16.4. The molecule has 1 heterocycles. The summed E-state index contributed by atoms with van der Waals surface area (Å²) in [4.78, 5) is 14.7. The van der Waals surface area contributed by atoms with Gasteiger partial charge in [0.15, 0.2) is 11.5 Å². The van der Waals surface area contributed by atoms with Crippen LogP contribution in [0.2, 0.25) is 0 Å². The normalized spacial score (nSPS) is 16.4. The minimum Gasteiger partial charge on any atom is -0.493 e. The van der Waals surface area contributed by atoms with Gasteiger partial charge in [0.25, 0.3) is 5.91 Å². The third kappa shape index (κ3) is 2.72. The summed E-state index contributed by atoms with van der Waals surface area (Å²) in [5.74, 6) is 1.14. The molecule has 1 aliphatic rings. The highest BCUT2D eigenvalue weighted by molar-refractivity contribution is 5.95. The van der Waals surface area contributed by atoms with Crippen molar-refractivity contribution in [2.24, 2.45) is 7.05 Å². The quantitative estimate of drug-likeness (QED) is 0.865. The second-order valence-corrected chi connectivity index (χ2v) is 6.06. The van der Waals surface area contributed by atoms with Crippen LogP contribution >= 0.6 is 0 Å². The molecule has 1 atom stereocenters. The molecule has 3 rings (SSSR count). The van der Waals surface area contributed by atoms with Crippen LogP contribution in [-0.2, 0) is 13.5 Å². The molecule has 0 bridgehead atoms. The Labute approximate surface area is 142 Å². The first-order valence-corrected chi connectivity index (χ1v) is 8.06. The Kier molecular flexibility index (Phi) is 4.46. The van der Waals surface area contributed by atoms with Crippen LogP contribution in [0.25, 0.3) is 0 Å². The number of hydrogen-bond acceptors (Lipinski definition) is 4. The molecule has 0 fully saturated rings. The summed E-state index contributed by atoms with van der Waals surface area (Å²) in [6, 6.07) is 5.32. The number of nitrogens with zero attached hydrogens (tertiary/aromatic N) is 3. The van der Waals surface area contributed by atoms with Gasteiger partial charge in [-0.2, -0.15) is 5.10 Å². The van der Waals surface area contributed by atoms with E-state index in [2.05, 4.69) is 5.10 Å². The summed E-state index contributed by atoms with van der Waals surface area (Å²) in [5.41, 5.74) is 2.96. The molecule has 1 amide bonds. The monoisotopic (exact) mass is 329 g/mol. The predicted molar refractivity (Wildman–Crippen MR) is 90.5 cm³/mol. The van der Waals surface area contributed by atoms with Gasteiger partial charge in [0.05, 0.1) is 26.5 Å².